The highest BCUT2D eigenvalue weighted by Gasteiger charge is 2.37. The zero-order valence-electron chi connectivity index (χ0n) is 9.22. The van der Waals surface area contributed by atoms with Crippen LogP contribution in [0.2, 0.25) is 0 Å². The van der Waals surface area contributed by atoms with Crippen molar-refractivity contribution in [3.05, 3.63) is 0 Å². The number of ether oxygens (including phenoxy) is 1. The Bertz CT molecular complexity index is 219. The van der Waals surface area contributed by atoms with Gasteiger partial charge in [-0.15, -0.1) is 0 Å². The first-order chi connectivity index (χ1) is 7.07. The molecule has 1 saturated heterocycles. The van der Waals surface area contributed by atoms with Crippen LogP contribution in [0.3, 0.4) is 0 Å². The lowest BCUT2D eigenvalue weighted by Gasteiger charge is -2.36. The molecular weight excluding hydrogens is 198 g/mol. The number of hydroxylamine groups is 2. The molecule has 0 unspecified atom stereocenters. The van der Waals surface area contributed by atoms with E-state index in [0.717, 1.165) is 17.9 Å². The number of nitrogens with zero attached hydrogens (tertiary/aromatic N) is 1. The van der Waals surface area contributed by atoms with Crippen LogP contribution < -0.4 is 0 Å². The Morgan fingerprint density at radius 1 is 1.53 bits per heavy atom. The Morgan fingerprint density at radius 2 is 2.20 bits per heavy atom. The van der Waals surface area contributed by atoms with Gasteiger partial charge in [-0.2, -0.15) is 5.06 Å². The van der Waals surface area contributed by atoms with Crippen LogP contribution in [-0.2, 0) is 9.53 Å². The first-order valence-corrected chi connectivity index (χ1v) is 5.29. The van der Waals surface area contributed by atoms with Gasteiger partial charge in [0.2, 0.25) is 0 Å². The molecule has 15 heavy (non-hydrogen) atoms. The van der Waals surface area contributed by atoms with Crippen LogP contribution in [0.15, 0.2) is 0 Å². The number of piperidine rings is 1. The summed E-state index contributed by atoms with van der Waals surface area (Å²) in [6.07, 6.45) is 1.78. The molecule has 1 aliphatic rings. The maximum atomic E-state index is 11.5. The monoisotopic (exact) mass is 217 g/mol. The smallest absolute Gasteiger partial charge is 0.312 e. The van der Waals surface area contributed by atoms with E-state index in [2.05, 4.69) is 4.74 Å². The Kier molecular flexibility index (Phi) is 4.50. The van der Waals surface area contributed by atoms with Crippen LogP contribution in [0.1, 0.15) is 26.2 Å². The fraction of sp³-hybridized carbons (Fsp3) is 0.900. The zero-order chi connectivity index (χ0) is 11.4. The maximum absolute atomic E-state index is 11.5. The minimum atomic E-state index is -0.810. The number of hydrogen-bond acceptors (Lipinski definition) is 5. The summed E-state index contributed by atoms with van der Waals surface area (Å²) in [6.45, 7) is 2.09. The summed E-state index contributed by atoms with van der Waals surface area (Å²) in [5.41, 5.74) is 0. The third-order valence-corrected chi connectivity index (χ3v) is 2.93. The standard InChI is InChI=1S/C10H19NO4/c1-7(12)9(10(13)15-2)8-5-3-4-6-11(8)14/h7-9,12,14H,3-6H2,1-2H3/t7-,8+,9-/m1/s1. The van der Waals surface area contributed by atoms with Crippen LogP contribution in [0.4, 0.5) is 0 Å². The van der Waals surface area contributed by atoms with Crippen molar-refractivity contribution in [2.45, 2.75) is 38.3 Å². The van der Waals surface area contributed by atoms with E-state index in [1.165, 1.54) is 7.11 Å². The summed E-state index contributed by atoms with van der Waals surface area (Å²) in [6, 6.07) is -0.328. The number of carbonyl (C=O) groups excluding carboxylic acids is 1. The molecule has 0 aromatic heterocycles. The highest BCUT2D eigenvalue weighted by molar-refractivity contribution is 5.73. The van der Waals surface area contributed by atoms with Crippen molar-refractivity contribution < 1.29 is 19.8 Å². The zero-order valence-corrected chi connectivity index (χ0v) is 9.22. The Morgan fingerprint density at radius 3 is 2.67 bits per heavy atom. The molecule has 0 spiro atoms. The molecule has 5 nitrogen and oxygen atoms in total. The van der Waals surface area contributed by atoms with Crippen molar-refractivity contribution >= 4 is 5.97 Å². The average molecular weight is 217 g/mol. The summed E-state index contributed by atoms with van der Waals surface area (Å²) in [7, 11) is 1.29. The SMILES string of the molecule is COC(=O)[C@H]([C@@H](C)O)[C@@H]1CCCCN1O. The van der Waals surface area contributed by atoms with E-state index in [4.69, 9.17) is 0 Å². The van der Waals surface area contributed by atoms with Crippen LogP contribution in [-0.4, -0.2) is 47.1 Å². The van der Waals surface area contributed by atoms with E-state index in [0.29, 0.717) is 13.0 Å². The van der Waals surface area contributed by atoms with Crippen molar-refractivity contribution in [2.75, 3.05) is 13.7 Å². The predicted octanol–water partition coefficient (Wildman–Crippen LogP) is 0.400. The third-order valence-electron chi connectivity index (χ3n) is 2.93. The number of aliphatic hydroxyl groups is 1. The quantitative estimate of drug-likeness (QED) is 0.670. The molecule has 2 N–H and O–H groups in total. The van der Waals surface area contributed by atoms with E-state index in [9.17, 15) is 15.1 Å². The largest absolute Gasteiger partial charge is 0.469 e. The van der Waals surface area contributed by atoms with Gasteiger partial charge in [-0.3, -0.25) is 4.79 Å². The molecule has 1 rings (SSSR count). The summed E-state index contributed by atoms with van der Waals surface area (Å²) < 4.78 is 4.64. The molecule has 0 aromatic carbocycles. The number of aliphatic hydroxyl groups excluding tert-OH is 1. The number of methoxy groups -OCH3 is 1. The minimum Gasteiger partial charge on any atom is -0.469 e. The first-order valence-electron chi connectivity index (χ1n) is 5.29. The van der Waals surface area contributed by atoms with Gasteiger partial charge in [0.15, 0.2) is 0 Å². The van der Waals surface area contributed by atoms with Gasteiger partial charge in [0, 0.05) is 6.54 Å². The second-order valence-corrected chi connectivity index (χ2v) is 4.02. The lowest BCUT2D eigenvalue weighted by molar-refractivity contribution is -0.184. The third kappa shape index (κ3) is 2.90. The molecule has 0 aliphatic carbocycles. The van der Waals surface area contributed by atoms with Crippen molar-refractivity contribution in [1.82, 2.24) is 5.06 Å². The molecule has 5 heteroatoms. The van der Waals surface area contributed by atoms with Crippen LogP contribution in [0, 0.1) is 5.92 Å². The summed E-state index contributed by atoms with van der Waals surface area (Å²) in [5.74, 6) is -1.13. The van der Waals surface area contributed by atoms with Crippen molar-refractivity contribution in [1.29, 1.82) is 0 Å². The van der Waals surface area contributed by atoms with Gasteiger partial charge in [-0.05, 0) is 19.8 Å². The number of rotatable bonds is 3. The summed E-state index contributed by atoms with van der Waals surface area (Å²) in [5, 5.41) is 20.3. The van der Waals surface area contributed by atoms with Crippen molar-refractivity contribution in [3.63, 3.8) is 0 Å². The molecule has 0 bridgehead atoms. The summed E-state index contributed by atoms with van der Waals surface area (Å²) >= 11 is 0. The second kappa shape index (κ2) is 5.44. The molecule has 0 aromatic rings. The van der Waals surface area contributed by atoms with Crippen LogP contribution in [0.25, 0.3) is 0 Å². The highest BCUT2D eigenvalue weighted by Crippen LogP contribution is 2.25. The Hall–Kier alpha value is -0.650. The molecule has 3 atom stereocenters. The molecule has 0 amide bonds. The number of hydrogen-bond donors (Lipinski definition) is 2. The molecule has 0 saturated carbocycles. The van der Waals surface area contributed by atoms with Gasteiger partial charge in [-0.1, -0.05) is 6.42 Å². The fourth-order valence-corrected chi connectivity index (χ4v) is 2.12. The predicted molar refractivity (Wildman–Crippen MR) is 53.3 cm³/mol. The molecule has 0 radical (unpaired) electrons. The summed E-state index contributed by atoms with van der Waals surface area (Å²) in [4.78, 5) is 11.5. The number of esters is 1. The topological polar surface area (TPSA) is 70.0 Å². The highest BCUT2D eigenvalue weighted by atomic mass is 16.5. The minimum absolute atomic E-state index is 0.328. The second-order valence-electron chi connectivity index (χ2n) is 4.02. The Labute approximate surface area is 89.6 Å². The van der Waals surface area contributed by atoms with Crippen LogP contribution >= 0.6 is 0 Å². The van der Waals surface area contributed by atoms with Gasteiger partial charge in [0.1, 0.15) is 5.92 Å². The van der Waals surface area contributed by atoms with Gasteiger partial charge in [0.25, 0.3) is 0 Å². The first kappa shape index (κ1) is 12.4. The molecular formula is C10H19NO4. The Balaban J connectivity index is 2.73. The van der Waals surface area contributed by atoms with Crippen molar-refractivity contribution in [3.8, 4) is 0 Å². The molecule has 1 heterocycles. The number of carbonyl (C=O) groups is 1. The maximum Gasteiger partial charge on any atom is 0.312 e. The van der Waals surface area contributed by atoms with E-state index >= 15 is 0 Å². The van der Waals surface area contributed by atoms with Gasteiger partial charge in [0.05, 0.1) is 19.3 Å². The van der Waals surface area contributed by atoms with E-state index in [-0.39, 0.29) is 6.04 Å². The lowest BCUT2D eigenvalue weighted by Crippen LogP contribution is -2.49. The molecule has 1 aliphatic heterocycles. The van der Waals surface area contributed by atoms with Gasteiger partial charge in [-0.25, -0.2) is 0 Å². The van der Waals surface area contributed by atoms with Gasteiger partial charge >= 0.3 is 5.97 Å². The van der Waals surface area contributed by atoms with Gasteiger partial charge < -0.3 is 15.1 Å². The molecule has 88 valence electrons. The normalized spacial score (nSPS) is 27.1. The lowest BCUT2D eigenvalue weighted by atomic mass is 9.88. The average Bonchev–Trinajstić information content (AvgIpc) is 2.20. The van der Waals surface area contributed by atoms with E-state index < -0.39 is 18.0 Å². The van der Waals surface area contributed by atoms with E-state index in [1.54, 1.807) is 6.92 Å². The van der Waals surface area contributed by atoms with E-state index in [1.807, 2.05) is 0 Å². The van der Waals surface area contributed by atoms with Crippen molar-refractivity contribution in [2.24, 2.45) is 5.92 Å². The van der Waals surface area contributed by atoms with Crippen LogP contribution in [0.5, 0.6) is 0 Å². The fourth-order valence-electron chi connectivity index (χ4n) is 2.12. The molecule has 1 fully saturated rings.